The fourth-order valence-electron chi connectivity index (χ4n) is 0. The third kappa shape index (κ3) is 98.9. The molecule has 0 fully saturated rings. The smallest absolute Gasteiger partial charge is 1.00 e. The van der Waals surface area contributed by atoms with Gasteiger partial charge in [0.1, 0.15) is 0 Å². The second-order valence-corrected chi connectivity index (χ2v) is 1.80. The fourth-order valence-corrected chi connectivity index (χ4v) is 0. The predicted octanol–water partition coefficient (Wildman–Crippen LogP) is -5.96. The standard InChI is InChI=1S/Ca.Ce.La.Mg.Mn.Na.H4O4Si.Sr.Zn.7H/c;;;;;;1-5(2,3)4;;;;;;;;;/h;;;;;;1-4H;;;;;;;;;/q+2;;;+2;;+1;;+2;;7*-1. The Balaban J connectivity index is -0.000000000762. The van der Waals surface area contributed by atoms with Gasteiger partial charge < -0.3 is 29.2 Å². The minimum absolute atomic E-state index is 0. The molecular formula is H11CaCeLaMgMnNaO4SiSrZn. The Bertz CT molecular complexity index is 74.3. The van der Waals surface area contributed by atoms with E-state index in [1.165, 1.54) is 0 Å². The van der Waals surface area contributed by atoms with Gasteiger partial charge in [0.2, 0.25) is 0 Å². The fraction of sp³-hybridized carbons (Fsp3) is 0. The molecule has 0 aliphatic rings. The van der Waals surface area contributed by atoms with Crippen molar-refractivity contribution in [2.45, 2.75) is 0 Å². The molecule has 4 N–H and O–H groups in total. The Kier molecular flexibility index (Phi) is 165. The summed E-state index contributed by atoms with van der Waals surface area (Å²) >= 11 is 0. The molecule has 13 heavy (non-hydrogen) atoms. The molecule has 0 saturated carbocycles. The first-order valence-corrected chi connectivity index (χ1v) is 2.68. The molecule has 0 bridgehead atoms. The van der Waals surface area contributed by atoms with E-state index >= 15 is 0 Å². The maximum Gasteiger partial charge on any atom is 2.00 e. The minimum Gasteiger partial charge on any atom is -1.00 e. The van der Waals surface area contributed by atoms with E-state index in [1.54, 1.807) is 0 Å². The summed E-state index contributed by atoms with van der Waals surface area (Å²) in [6.07, 6.45) is 0. The van der Waals surface area contributed by atoms with Crippen LogP contribution in [0, 0.1) is 77.3 Å². The van der Waals surface area contributed by atoms with Crippen LogP contribution in [0.3, 0.4) is 0 Å². The summed E-state index contributed by atoms with van der Waals surface area (Å²) in [6, 6.07) is 0. The molecule has 0 aromatic rings. The van der Waals surface area contributed by atoms with Gasteiger partial charge in [0.15, 0.2) is 0 Å². The Morgan fingerprint density at radius 1 is 1.00 bits per heavy atom. The summed E-state index contributed by atoms with van der Waals surface area (Å²) in [7, 11) is -4.61. The van der Waals surface area contributed by atoms with Gasteiger partial charge in [0, 0.05) is 114 Å². The van der Waals surface area contributed by atoms with Crippen LogP contribution in [0.5, 0.6) is 0 Å². The van der Waals surface area contributed by atoms with Crippen LogP contribution in [0.15, 0.2) is 0 Å². The van der Waals surface area contributed by atoms with Crippen LogP contribution in [-0.4, -0.2) is 135 Å². The molecule has 62 valence electrons. The van der Waals surface area contributed by atoms with Crippen molar-refractivity contribution in [3.8, 4) is 0 Å². The zero-order valence-corrected chi connectivity index (χ0v) is 28.6. The van der Waals surface area contributed by atoms with Crippen LogP contribution in [0.2, 0.25) is 0 Å². The quantitative estimate of drug-likeness (QED) is 0.193. The second-order valence-electron chi connectivity index (χ2n) is 0.600. The average Bonchev–Trinajstić information content (AvgIpc) is 0.722. The van der Waals surface area contributed by atoms with Crippen LogP contribution in [-0.2, 0) is 36.5 Å². The maximum atomic E-state index is 7.33. The summed E-state index contributed by atoms with van der Waals surface area (Å²) in [4.78, 5) is 29.3. The minimum atomic E-state index is -4.61. The van der Waals surface area contributed by atoms with Crippen molar-refractivity contribution >= 4 is 115 Å². The molecule has 0 aliphatic heterocycles. The second kappa shape index (κ2) is 37.0. The molecule has 0 aromatic carbocycles. The van der Waals surface area contributed by atoms with Gasteiger partial charge in [-0.05, 0) is 0 Å². The Morgan fingerprint density at radius 3 is 1.00 bits per heavy atom. The van der Waals surface area contributed by atoms with Gasteiger partial charge in [-0.3, -0.25) is 0 Å². The third-order valence-electron chi connectivity index (χ3n) is 0. The van der Waals surface area contributed by atoms with E-state index < -0.39 is 9.05 Å². The van der Waals surface area contributed by atoms with Crippen molar-refractivity contribution in [2.24, 2.45) is 0 Å². The number of hydrogen-bond acceptors (Lipinski definition) is 4. The van der Waals surface area contributed by atoms with Gasteiger partial charge in [0.25, 0.3) is 0 Å². The monoisotopic (exact) mass is 676 g/mol. The zero-order chi connectivity index (χ0) is 4.50. The summed E-state index contributed by atoms with van der Waals surface area (Å²) < 4.78 is 0. The van der Waals surface area contributed by atoms with Crippen LogP contribution >= 0.6 is 0 Å². The molecule has 0 spiro atoms. The first-order valence-electron chi connectivity index (χ1n) is 0.894. The number of rotatable bonds is 0. The topological polar surface area (TPSA) is 80.9 Å². The summed E-state index contributed by atoms with van der Waals surface area (Å²) in [6.45, 7) is 0. The Labute approximate surface area is 279 Å². The van der Waals surface area contributed by atoms with E-state index in [2.05, 4.69) is 0 Å². The van der Waals surface area contributed by atoms with Crippen LogP contribution in [0.4, 0.5) is 0 Å². The maximum absolute atomic E-state index is 7.33. The first-order chi connectivity index (χ1) is 2.00. The molecule has 0 unspecified atom stereocenters. The Hall–Kier alpha value is 8.28. The van der Waals surface area contributed by atoms with Crippen molar-refractivity contribution in [2.75, 3.05) is 0 Å². The largest absolute Gasteiger partial charge is 2.00 e. The third-order valence-corrected chi connectivity index (χ3v) is 0. The molecule has 0 atom stereocenters. The van der Waals surface area contributed by atoms with E-state index in [0.717, 1.165) is 0 Å². The van der Waals surface area contributed by atoms with Crippen LogP contribution in [0.1, 0.15) is 9.99 Å². The van der Waals surface area contributed by atoms with Gasteiger partial charge in [-0.15, -0.1) is 0 Å². The average molecular weight is 678 g/mol. The molecule has 4 nitrogen and oxygen atoms in total. The predicted molar refractivity (Wildman–Crippen MR) is 39.7 cm³/mol. The van der Waals surface area contributed by atoms with E-state index in [9.17, 15) is 0 Å². The normalized spacial score (nSPS) is 4.62. The molecule has 13 heteroatoms. The van der Waals surface area contributed by atoms with Crippen molar-refractivity contribution < 1.29 is 173 Å². The molecule has 0 amide bonds. The SMILES string of the molecule is O[Si](O)(O)O.[Ca+2].[Ce].[H-].[H-].[H-].[H-].[H-].[H-].[H-].[La].[Mg+2].[Mn].[Na+].[Sr+2].[Zn]. The van der Waals surface area contributed by atoms with E-state index in [0.29, 0.717) is 0 Å². The summed E-state index contributed by atoms with van der Waals surface area (Å²) in [5.41, 5.74) is 0. The van der Waals surface area contributed by atoms with Crippen molar-refractivity contribution in [3.63, 3.8) is 0 Å². The molecular weight excluding hydrogens is 666 g/mol. The Morgan fingerprint density at radius 2 is 1.00 bits per heavy atom. The first kappa shape index (κ1) is 58.0. The van der Waals surface area contributed by atoms with E-state index in [-0.39, 0.29) is 260 Å². The van der Waals surface area contributed by atoms with Gasteiger partial charge in [-0.1, -0.05) is 0 Å². The van der Waals surface area contributed by atoms with E-state index in [1.807, 2.05) is 0 Å². The van der Waals surface area contributed by atoms with Crippen LogP contribution < -0.4 is 29.6 Å². The van der Waals surface area contributed by atoms with Crippen molar-refractivity contribution in [1.29, 1.82) is 0 Å². The van der Waals surface area contributed by atoms with Gasteiger partial charge in [-0.2, -0.15) is 0 Å². The molecule has 0 rings (SSSR count). The summed E-state index contributed by atoms with van der Waals surface area (Å²) in [5.74, 6) is 0. The number of hydrogen-bond donors (Lipinski definition) is 4. The van der Waals surface area contributed by atoms with Crippen LogP contribution in [0.25, 0.3) is 0 Å². The van der Waals surface area contributed by atoms with Crippen molar-refractivity contribution in [3.05, 3.63) is 0 Å². The van der Waals surface area contributed by atoms with Crippen molar-refractivity contribution in [1.82, 2.24) is 0 Å². The molecule has 0 saturated heterocycles. The molecule has 0 heterocycles. The molecule has 0 aromatic heterocycles. The van der Waals surface area contributed by atoms with Gasteiger partial charge >= 0.3 is 145 Å². The van der Waals surface area contributed by atoms with E-state index in [4.69, 9.17) is 19.2 Å². The zero-order valence-electron chi connectivity index (χ0n) is 14.6. The van der Waals surface area contributed by atoms with Gasteiger partial charge in [-0.25, -0.2) is 0 Å². The van der Waals surface area contributed by atoms with Gasteiger partial charge in [0.05, 0.1) is 0 Å². The molecule has 0 aliphatic carbocycles. The summed E-state index contributed by atoms with van der Waals surface area (Å²) in [5, 5.41) is 0. The molecule has 2 radical (unpaired) electrons.